The van der Waals surface area contributed by atoms with Gasteiger partial charge in [-0.1, -0.05) is 48.9 Å². The van der Waals surface area contributed by atoms with Gasteiger partial charge in [-0.3, -0.25) is 14.2 Å². The number of amides is 1. The summed E-state index contributed by atoms with van der Waals surface area (Å²) in [7, 11) is 0. The van der Waals surface area contributed by atoms with Crippen molar-refractivity contribution in [3.8, 4) is 11.5 Å². The molecule has 0 aliphatic carbocycles. The highest BCUT2D eigenvalue weighted by Crippen LogP contribution is 2.39. The number of anilines is 1. The largest absolute Gasteiger partial charge is 0.463 e. The minimum atomic E-state index is -0.793. The zero-order chi connectivity index (χ0) is 28.7. The van der Waals surface area contributed by atoms with E-state index in [0.29, 0.717) is 55.5 Å². The third-order valence-electron chi connectivity index (χ3n) is 7.11. The van der Waals surface area contributed by atoms with Crippen molar-refractivity contribution in [1.29, 1.82) is 0 Å². The number of thiazole rings is 1. The van der Waals surface area contributed by atoms with Gasteiger partial charge in [0.2, 0.25) is 6.79 Å². The van der Waals surface area contributed by atoms with Crippen LogP contribution >= 0.6 is 11.3 Å². The van der Waals surface area contributed by atoms with Crippen LogP contribution in [0.1, 0.15) is 45.2 Å². The first-order chi connectivity index (χ1) is 19.9. The quantitative estimate of drug-likeness (QED) is 0.402. The summed E-state index contributed by atoms with van der Waals surface area (Å²) in [4.78, 5) is 46.0. The van der Waals surface area contributed by atoms with E-state index in [9.17, 15) is 14.4 Å². The molecular weight excluding hydrogens is 544 g/mol. The molecule has 41 heavy (non-hydrogen) atoms. The zero-order valence-electron chi connectivity index (χ0n) is 22.8. The molecule has 4 heterocycles. The van der Waals surface area contributed by atoms with E-state index >= 15 is 0 Å². The van der Waals surface area contributed by atoms with Crippen LogP contribution in [0.3, 0.4) is 0 Å². The predicted octanol–water partition coefficient (Wildman–Crippen LogP) is 3.30. The van der Waals surface area contributed by atoms with Crippen molar-refractivity contribution in [2.45, 2.75) is 39.7 Å². The molecule has 3 aliphatic rings. The number of carbonyl (C=O) groups is 2. The molecule has 0 unspecified atom stereocenters. The van der Waals surface area contributed by atoms with E-state index in [2.05, 4.69) is 5.10 Å². The smallest absolute Gasteiger partial charge is 0.338 e. The molecule has 1 amide bonds. The monoisotopic (exact) mass is 572 g/mol. The molecule has 3 aromatic rings. The molecule has 0 N–H and O–H groups in total. The van der Waals surface area contributed by atoms with E-state index in [1.165, 1.54) is 20.9 Å². The first kappa shape index (κ1) is 26.7. The number of nitrogens with zero attached hydrogens (tertiary/aromatic N) is 4. The van der Waals surface area contributed by atoms with Crippen molar-refractivity contribution in [3.63, 3.8) is 0 Å². The predicted molar refractivity (Wildman–Crippen MR) is 154 cm³/mol. The number of hydrazone groups is 1. The van der Waals surface area contributed by atoms with Crippen molar-refractivity contribution in [3.05, 3.63) is 85.1 Å². The minimum Gasteiger partial charge on any atom is -0.463 e. The van der Waals surface area contributed by atoms with E-state index in [-0.39, 0.29) is 24.9 Å². The highest BCUT2D eigenvalue weighted by atomic mass is 32.1. The lowest BCUT2D eigenvalue weighted by Crippen LogP contribution is -2.40. The first-order valence-corrected chi connectivity index (χ1v) is 14.3. The number of ether oxygens (including phenoxy) is 3. The molecule has 0 saturated heterocycles. The maximum atomic E-state index is 14.1. The fourth-order valence-corrected chi connectivity index (χ4v) is 6.24. The molecule has 1 aromatic heterocycles. The number of hydrogen-bond donors (Lipinski definition) is 0. The fraction of sp³-hybridized carbons (Fsp3) is 0.300. The average molecular weight is 573 g/mol. The van der Waals surface area contributed by atoms with Crippen LogP contribution in [0.2, 0.25) is 0 Å². The van der Waals surface area contributed by atoms with Gasteiger partial charge >= 0.3 is 5.97 Å². The van der Waals surface area contributed by atoms with Crippen molar-refractivity contribution in [2.75, 3.05) is 18.4 Å². The number of aromatic nitrogens is 1. The van der Waals surface area contributed by atoms with Crippen LogP contribution in [0.4, 0.5) is 5.69 Å². The third kappa shape index (κ3) is 4.65. The molecule has 2 atom stereocenters. The normalized spacial score (nSPS) is 19.8. The van der Waals surface area contributed by atoms with Crippen LogP contribution in [0, 0.1) is 5.92 Å². The lowest BCUT2D eigenvalue weighted by atomic mass is 9.94. The van der Waals surface area contributed by atoms with E-state index in [1.54, 1.807) is 32.1 Å². The maximum Gasteiger partial charge on any atom is 0.338 e. The Bertz CT molecular complexity index is 1790. The summed E-state index contributed by atoms with van der Waals surface area (Å²) in [6, 6.07) is 13.7. The molecule has 0 bridgehead atoms. The standard InChI is InChI=1S/C30H28N4O6S/c1-4-9-21-25(29(37)38-5-2)26(18-12-13-22-23(14-18)40-16-39-22)33-28(36)24(41-30(33)31-21)15-20-17(3)32-34(27(20)35)19-10-7-6-8-11-19/h6-8,10-15,20,26H,4-5,9,16H2,1-3H3/b24-15+/t20-,26-/m1/s1. The van der Waals surface area contributed by atoms with E-state index in [0.717, 1.165) is 6.42 Å². The molecule has 11 heteroatoms. The maximum absolute atomic E-state index is 14.1. The average Bonchev–Trinajstić information content (AvgIpc) is 3.65. The summed E-state index contributed by atoms with van der Waals surface area (Å²) in [5.74, 6) is -0.351. The van der Waals surface area contributed by atoms with Crippen molar-refractivity contribution in [1.82, 2.24) is 4.57 Å². The van der Waals surface area contributed by atoms with E-state index in [4.69, 9.17) is 19.2 Å². The van der Waals surface area contributed by atoms with Gasteiger partial charge in [-0.15, -0.1) is 0 Å². The number of allylic oxidation sites excluding steroid dienone is 1. The summed E-state index contributed by atoms with van der Waals surface area (Å²) in [6.07, 6.45) is 2.92. The van der Waals surface area contributed by atoms with Crippen LogP contribution in [0.15, 0.2) is 74.7 Å². The van der Waals surface area contributed by atoms with Gasteiger partial charge in [0.05, 0.1) is 39.9 Å². The highest BCUT2D eigenvalue weighted by molar-refractivity contribution is 7.07. The summed E-state index contributed by atoms with van der Waals surface area (Å²) in [6.45, 7) is 5.79. The second kappa shape index (κ2) is 10.8. The van der Waals surface area contributed by atoms with E-state index < -0.39 is 17.9 Å². The SMILES string of the molecule is CCCC1=C(C(=O)OCC)[C@@H](c2ccc3c(c2)OCO3)n2c(s/c(=C/[C@H]3C(=O)N(c4ccccc4)N=C3C)c2=O)=N1. The van der Waals surface area contributed by atoms with Crippen molar-refractivity contribution in [2.24, 2.45) is 16.0 Å². The second-order valence-electron chi connectivity index (χ2n) is 9.75. The van der Waals surface area contributed by atoms with Gasteiger partial charge in [0.25, 0.3) is 11.5 Å². The fourth-order valence-electron chi connectivity index (χ4n) is 5.21. The zero-order valence-corrected chi connectivity index (χ0v) is 23.6. The Morgan fingerprint density at radius 2 is 1.90 bits per heavy atom. The Kier molecular flexibility index (Phi) is 7.04. The molecular formula is C30H28N4O6S. The van der Waals surface area contributed by atoms with Crippen LogP contribution in [0.5, 0.6) is 11.5 Å². The van der Waals surface area contributed by atoms with Gasteiger partial charge in [-0.2, -0.15) is 10.1 Å². The number of para-hydroxylation sites is 1. The summed E-state index contributed by atoms with van der Waals surface area (Å²) in [5, 5.41) is 5.83. The van der Waals surface area contributed by atoms with Gasteiger partial charge in [0.1, 0.15) is 5.92 Å². The first-order valence-electron chi connectivity index (χ1n) is 13.5. The summed E-state index contributed by atoms with van der Waals surface area (Å²) < 4.78 is 18.4. The molecule has 3 aliphatic heterocycles. The number of rotatable bonds is 7. The highest BCUT2D eigenvalue weighted by Gasteiger charge is 2.37. The molecule has 0 spiro atoms. The second-order valence-corrected chi connectivity index (χ2v) is 10.8. The van der Waals surface area contributed by atoms with Gasteiger partial charge in [-0.05, 0) is 56.2 Å². The number of hydrogen-bond acceptors (Lipinski definition) is 9. The molecule has 6 rings (SSSR count). The van der Waals surface area contributed by atoms with Crippen LogP contribution < -0.4 is 29.4 Å². The Balaban J connectivity index is 1.50. The third-order valence-corrected chi connectivity index (χ3v) is 8.11. The molecule has 0 fully saturated rings. The molecule has 0 saturated carbocycles. The Morgan fingerprint density at radius 1 is 1.12 bits per heavy atom. The Labute approximate surface area is 239 Å². The van der Waals surface area contributed by atoms with Gasteiger partial charge in [0, 0.05) is 0 Å². The van der Waals surface area contributed by atoms with Crippen LogP contribution in [0.25, 0.3) is 6.08 Å². The number of esters is 1. The van der Waals surface area contributed by atoms with Crippen molar-refractivity contribution < 1.29 is 23.8 Å². The number of fused-ring (bicyclic) bond motifs is 2. The minimum absolute atomic E-state index is 0.0967. The summed E-state index contributed by atoms with van der Waals surface area (Å²) in [5.41, 5.74) is 2.44. The van der Waals surface area contributed by atoms with Gasteiger partial charge in [-0.25, -0.2) is 9.79 Å². The molecule has 10 nitrogen and oxygen atoms in total. The molecule has 2 aromatic carbocycles. The summed E-state index contributed by atoms with van der Waals surface area (Å²) >= 11 is 1.19. The number of benzene rings is 2. The lowest BCUT2D eigenvalue weighted by molar-refractivity contribution is -0.139. The Morgan fingerprint density at radius 3 is 2.66 bits per heavy atom. The van der Waals surface area contributed by atoms with Gasteiger partial charge in [0.15, 0.2) is 16.3 Å². The van der Waals surface area contributed by atoms with Crippen LogP contribution in [-0.2, 0) is 14.3 Å². The lowest BCUT2D eigenvalue weighted by Gasteiger charge is -2.25. The topological polar surface area (TPSA) is 112 Å². The molecule has 0 radical (unpaired) electrons. The van der Waals surface area contributed by atoms with Crippen molar-refractivity contribution >= 4 is 40.7 Å². The van der Waals surface area contributed by atoms with E-state index in [1.807, 2.05) is 43.3 Å². The van der Waals surface area contributed by atoms with Crippen LogP contribution in [-0.4, -0.2) is 35.6 Å². The Hall–Kier alpha value is -4.51. The molecule has 210 valence electrons. The van der Waals surface area contributed by atoms with Gasteiger partial charge < -0.3 is 14.2 Å². The number of carbonyl (C=O) groups excluding carboxylic acids is 2.